The molecule has 0 saturated carbocycles. The second kappa shape index (κ2) is 5.04. The van der Waals surface area contributed by atoms with E-state index >= 15 is 0 Å². The molecule has 4 unspecified atom stereocenters. The second-order valence-electron chi connectivity index (χ2n) is 6.21. The molecule has 3 aliphatic heterocycles. The molecular formula is C16H22N2O. The van der Waals surface area contributed by atoms with Crippen LogP contribution in [-0.4, -0.2) is 34.3 Å². The first kappa shape index (κ1) is 12.8. The van der Waals surface area contributed by atoms with Gasteiger partial charge in [0.1, 0.15) is 0 Å². The molecule has 102 valence electrons. The summed E-state index contributed by atoms with van der Waals surface area (Å²) >= 11 is 0. The number of nitrogens with zero attached hydrogens (tertiary/aromatic N) is 2. The molecule has 3 saturated heterocycles. The first-order valence-corrected chi connectivity index (χ1v) is 7.36. The normalized spacial score (nSPS) is 33.9. The molecule has 0 spiro atoms. The number of ketones is 1. The van der Waals surface area contributed by atoms with Crippen molar-refractivity contribution in [1.82, 2.24) is 9.88 Å². The number of carbonyl (C=O) groups is 1. The third-order valence-electron chi connectivity index (χ3n) is 4.72. The van der Waals surface area contributed by atoms with Crippen LogP contribution in [0.1, 0.15) is 32.4 Å². The van der Waals surface area contributed by atoms with E-state index in [1.807, 2.05) is 24.4 Å². The molecule has 4 heterocycles. The number of pyridine rings is 1. The van der Waals surface area contributed by atoms with E-state index in [0.29, 0.717) is 23.7 Å². The Labute approximate surface area is 115 Å². The van der Waals surface area contributed by atoms with Crippen molar-refractivity contribution in [3.8, 4) is 0 Å². The van der Waals surface area contributed by atoms with Gasteiger partial charge in [-0.05, 0) is 37.4 Å². The van der Waals surface area contributed by atoms with Crippen LogP contribution in [0, 0.1) is 11.8 Å². The summed E-state index contributed by atoms with van der Waals surface area (Å²) in [5.74, 6) is 1.38. The highest BCUT2D eigenvalue weighted by Gasteiger charge is 2.46. The van der Waals surface area contributed by atoms with Gasteiger partial charge < -0.3 is 0 Å². The van der Waals surface area contributed by atoms with Gasteiger partial charge in [0, 0.05) is 30.3 Å². The molecule has 1 aromatic rings. The van der Waals surface area contributed by atoms with Crippen LogP contribution in [0.15, 0.2) is 24.4 Å². The Morgan fingerprint density at radius 3 is 2.95 bits per heavy atom. The minimum Gasteiger partial charge on any atom is -0.298 e. The summed E-state index contributed by atoms with van der Waals surface area (Å²) in [6, 6.07) is 6.60. The van der Waals surface area contributed by atoms with Crippen LogP contribution < -0.4 is 0 Å². The summed E-state index contributed by atoms with van der Waals surface area (Å²) in [6.45, 7) is 5.62. The summed E-state index contributed by atoms with van der Waals surface area (Å²) in [5, 5.41) is 0. The average Bonchev–Trinajstić information content (AvgIpc) is 2.43. The highest BCUT2D eigenvalue weighted by Crippen LogP contribution is 2.37. The van der Waals surface area contributed by atoms with Crippen molar-refractivity contribution >= 4 is 5.78 Å². The van der Waals surface area contributed by atoms with Crippen molar-refractivity contribution in [1.29, 1.82) is 0 Å². The zero-order valence-electron chi connectivity index (χ0n) is 11.7. The number of hydrogen-bond donors (Lipinski definition) is 0. The number of carbonyl (C=O) groups excluding carboxylic acids is 1. The van der Waals surface area contributed by atoms with Crippen LogP contribution in [0.3, 0.4) is 0 Å². The zero-order valence-corrected chi connectivity index (χ0v) is 11.7. The molecule has 3 aliphatic rings. The Hall–Kier alpha value is -1.22. The van der Waals surface area contributed by atoms with Crippen LogP contribution in [0.25, 0.3) is 0 Å². The fourth-order valence-corrected chi connectivity index (χ4v) is 3.69. The maximum absolute atomic E-state index is 12.5. The minimum absolute atomic E-state index is 0.0646. The molecule has 3 nitrogen and oxygen atoms in total. The third-order valence-corrected chi connectivity index (χ3v) is 4.72. The lowest BCUT2D eigenvalue weighted by Crippen LogP contribution is -2.62. The van der Waals surface area contributed by atoms with Gasteiger partial charge in [0.2, 0.25) is 0 Å². The first-order chi connectivity index (χ1) is 9.16. The van der Waals surface area contributed by atoms with Crippen molar-refractivity contribution in [3.63, 3.8) is 0 Å². The van der Waals surface area contributed by atoms with E-state index in [1.165, 1.54) is 0 Å². The van der Waals surface area contributed by atoms with Crippen LogP contribution in [0.4, 0.5) is 0 Å². The number of hydrogen-bond acceptors (Lipinski definition) is 3. The second-order valence-corrected chi connectivity index (χ2v) is 6.21. The summed E-state index contributed by atoms with van der Waals surface area (Å²) < 4.78 is 0. The molecule has 2 bridgehead atoms. The molecule has 4 atom stereocenters. The summed E-state index contributed by atoms with van der Waals surface area (Å²) in [6.07, 6.45) is 4.71. The molecule has 19 heavy (non-hydrogen) atoms. The largest absolute Gasteiger partial charge is 0.298 e. The van der Waals surface area contributed by atoms with Crippen LogP contribution in [-0.2, 0) is 11.2 Å². The summed E-state index contributed by atoms with van der Waals surface area (Å²) in [7, 11) is 0. The number of aromatic nitrogens is 1. The minimum atomic E-state index is 0.0646. The van der Waals surface area contributed by atoms with Gasteiger partial charge in [-0.25, -0.2) is 0 Å². The quantitative estimate of drug-likeness (QED) is 0.834. The summed E-state index contributed by atoms with van der Waals surface area (Å²) in [5.41, 5.74) is 1.04. The Balaban J connectivity index is 1.82. The van der Waals surface area contributed by atoms with Gasteiger partial charge in [-0.15, -0.1) is 0 Å². The summed E-state index contributed by atoms with van der Waals surface area (Å²) in [4.78, 5) is 19.3. The smallest absolute Gasteiger partial charge is 0.153 e. The number of Topliss-reactive ketones (excluding diaryl/α,β-unsaturated/α-hetero) is 1. The molecule has 0 aliphatic carbocycles. The van der Waals surface area contributed by atoms with E-state index in [9.17, 15) is 4.79 Å². The fraction of sp³-hybridized carbons (Fsp3) is 0.625. The number of fused-ring (bicyclic) bond motifs is 3. The van der Waals surface area contributed by atoms with Crippen molar-refractivity contribution in [3.05, 3.63) is 30.1 Å². The molecule has 3 heteroatoms. The maximum atomic E-state index is 12.5. The average molecular weight is 258 g/mol. The molecule has 4 rings (SSSR count). The highest BCUT2D eigenvalue weighted by atomic mass is 16.1. The van der Waals surface area contributed by atoms with E-state index in [0.717, 1.165) is 31.5 Å². The van der Waals surface area contributed by atoms with E-state index in [4.69, 9.17) is 0 Å². The standard InChI is InChI=1S/C16H22N2O/c1-11(2)14-9-12-6-8-18(14)15(16(12)19)10-13-5-3-4-7-17-13/h3-5,7,11-12,14-15H,6,8-10H2,1-2H3. The van der Waals surface area contributed by atoms with E-state index in [2.05, 4.69) is 23.7 Å². The number of rotatable bonds is 3. The lowest BCUT2D eigenvalue weighted by molar-refractivity contribution is -0.142. The van der Waals surface area contributed by atoms with Gasteiger partial charge in [0.05, 0.1) is 6.04 Å². The molecule has 1 aromatic heterocycles. The van der Waals surface area contributed by atoms with Crippen molar-refractivity contribution < 1.29 is 4.79 Å². The Morgan fingerprint density at radius 1 is 1.42 bits per heavy atom. The SMILES string of the molecule is CC(C)C1CC2CCN1C(Cc1ccccn1)C2=O. The van der Waals surface area contributed by atoms with Crippen molar-refractivity contribution in [2.45, 2.75) is 45.2 Å². The van der Waals surface area contributed by atoms with Gasteiger partial charge in [0.15, 0.2) is 5.78 Å². The number of piperidine rings is 3. The lowest BCUT2D eigenvalue weighted by atomic mass is 9.74. The molecule has 0 aromatic carbocycles. The predicted octanol–water partition coefficient (Wildman–Crippen LogP) is 2.31. The third kappa shape index (κ3) is 2.32. The lowest BCUT2D eigenvalue weighted by Gasteiger charge is -2.51. The van der Waals surface area contributed by atoms with E-state index < -0.39 is 0 Å². The van der Waals surface area contributed by atoms with Gasteiger partial charge in [-0.2, -0.15) is 0 Å². The molecule has 3 fully saturated rings. The Morgan fingerprint density at radius 2 is 2.26 bits per heavy atom. The fourth-order valence-electron chi connectivity index (χ4n) is 3.69. The van der Waals surface area contributed by atoms with E-state index in [-0.39, 0.29) is 6.04 Å². The first-order valence-electron chi connectivity index (χ1n) is 7.36. The molecular weight excluding hydrogens is 236 g/mol. The highest BCUT2D eigenvalue weighted by molar-refractivity contribution is 5.88. The Bertz CT molecular complexity index is 457. The maximum Gasteiger partial charge on any atom is 0.153 e. The Kier molecular flexibility index (Phi) is 3.40. The zero-order chi connectivity index (χ0) is 13.4. The van der Waals surface area contributed by atoms with E-state index in [1.54, 1.807) is 0 Å². The van der Waals surface area contributed by atoms with Gasteiger partial charge in [-0.3, -0.25) is 14.7 Å². The monoisotopic (exact) mass is 258 g/mol. The van der Waals surface area contributed by atoms with Crippen LogP contribution in [0.5, 0.6) is 0 Å². The molecule has 0 N–H and O–H groups in total. The van der Waals surface area contributed by atoms with Crippen molar-refractivity contribution in [2.75, 3.05) is 6.54 Å². The van der Waals surface area contributed by atoms with Crippen molar-refractivity contribution in [2.24, 2.45) is 11.8 Å². The molecule has 0 amide bonds. The van der Waals surface area contributed by atoms with Gasteiger partial charge in [0.25, 0.3) is 0 Å². The molecule has 0 radical (unpaired) electrons. The van der Waals surface area contributed by atoms with Gasteiger partial charge in [-0.1, -0.05) is 19.9 Å². The topological polar surface area (TPSA) is 33.2 Å². The van der Waals surface area contributed by atoms with Gasteiger partial charge >= 0.3 is 0 Å². The van der Waals surface area contributed by atoms with Crippen LogP contribution in [0.2, 0.25) is 0 Å². The predicted molar refractivity (Wildman–Crippen MR) is 74.8 cm³/mol. The van der Waals surface area contributed by atoms with Crippen LogP contribution >= 0.6 is 0 Å².